The second-order valence-corrected chi connectivity index (χ2v) is 3.27. The number of nitrogens with two attached hydrogens (primary N) is 1. The van der Waals surface area contributed by atoms with E-state index < -0.39 is 0 Å². The van der Waals surface area contributed by atoms with Gasteiger partial charge in [-0.15, -0.1) is 0 Å². The third-order valence-corrected chi connectivity index (χ3v) is 1.20. The van der Waals surface area contributed by atoms with E-state index in [2.05, 4.69) is 6.92 Å². The third-order valence-electron chi connectivity index (χ3n) is 0.671. The molecule has 0 spiro atoms. The molecule has 0 aromatic rings. The van der Waals surface area contributed by atoms with Crippen LogP contribution in [-0.4, -0.2) is 23.9 Å². The number of hydrogen-bond donors (Lipinski definition) is 3. The van der Waals surface area contributed by atoms with Gasteiger partial charge in [0.2, 0.25) is 0 Å². The number of thioether (sulfide) groups is 1. The van der Waals surface area contributed by atoms with Crippen LogP contribution >= 0.6 is 11.8 Å². The van der Waals surface area contributed by atoms with E-state index in [0.717, 1.165) is 24.8 Å². The standard InChI is InChI=1S/C4H10O.C3H7N3S.C2H6.H2/c1-3-4-5-2;1-2(4)7-3(5)6;1-2;/h3-4H2,1-2H3;4H,1H3,(H3,5,6);1-2H3;1H. The first-order valence-electron chi connectivity index (χ1n) is 4.60. The molecule has 14 heavy (non-hydrogen) atoms. The second kappa shape index (κ2) is 18.3. The molecule has 0 aromatic heterocycles. The highest BCUT2D eigenvalue weighted by Crippen LogP contribution is 1.96. The van der Waals surface area contributed by atoms with Crippen LogP contribution in [0.1, 0.15) is 35.5 Å². The first kappa shape index (κ1) is 19.1. The molecule has 88 valence electrons. The lowest BCUT2D eigenvalue weighted by Crippen LogP contribution is -2.05. The molecule has 0 aliphatic heterocycles. The molecule has 0 heterocycles. The molecule has 0 aromatic carbocycles. The van der Waals surface area contributed by atoms with Crippen molar-refractivity contribution in [1.82, 2.24) is 0 Å². The second-order valence-electron chi connectivity index (χ2n) is 2.02. The van der Waals surface area contributed by atoms with E-state index in [9.17, 15) is 0 Å². The minimum Gasteiger partial charge on any atom is -0.385 e. The third kappa shape index (κ3) is 42.1. The predicted octanol–water partition coefficient (Wildman–Crippen LogP) is 2.93. The van der Waals surface area contributed by atoms with Gasteiger partial charge < -0.3 is 10.5 Å². The Kier molecular flexibility index (Phi) is 24.9. The van der Waals surface area contributed by atoms with Gasteiger partial charge in [-0.25, -0.2) is 0 Å². The van der Waals surface area contributed by atoms with E-state index >= 15 is 0 Å². The molecule has 0 bridgehead atoms. The fraction of sp³-hybridized carbons (Fsp3) is 0.778. The van der Waals surface area contributed by atoms with Crippen LogP contribution in [0, 0.1) is 10.8 Å². The van der Waals surface area contributed by atoms with Crippen molar-refractivity contribution in [1.29, 1.82) is 10.8 Å². The summed E-state index contributed by atoms with van der Waals surface area (Å²) in [5.74, 6) is 0. The largest absolute Gasteiger partial charge is 0.385 e. The number of methoxy groups -OCH3 is 1. The van der Waals surface area contributed by atoms with Crippen molar-refractivity contribution >= 4 is 22.0 Å². The Labute approximate surface area is 93.1 Å². The van der Waals surface area contributed by atoms with Crippen molar-refractivity contribution < 1.29 is 6.16 Å². The van der Waals surface area contributed by atoms with Gasteiger partial charge in [0, 0.05) is 15.1 Å². The molecule has 5 heteroatoms. The van der Waals surface area contributed by atoms with Crippen LogP contribution in [0.5, 0.6) is 0 Å². The molecule has 0 aliphatic rings. The first-order chi connectivity index (χ1) is 6.54. The molecule has 0 fully saturated rings. The summed E-state index contributed by atoms with van der Waals surface area (Å²) in [6.07, 6.45) is 1.12. The molecule has 4 nitrogen and oxygen atoms in total. The molecule has 0 unspecified atom stereocenters. The average Bonchev–Trinajstić information content (AvgIpc) is 2.08. The maximum atomic E-state index is 6.77. The molecule has 0 radical (unpaired) electrons. The van der Waals surface area contributed by atoms with E-state index in [0.29, 0.717) is 5.04 Å². The lowest BCUT2D eigenvalue weighted by Gasteiger charge is -1.88. The van der Waals surface area contributed by atoms with Crippen LogP contribution in [0.3, 0.4) is 0 Å². The highest BCUT2D eigenvalue weighted by Gasteiger charge is 1.88. The fourth-order valence-corrected chi connectivity index (χ4v) is 0.699. The predicted molar refractivity (Wildman–Crippen MR) is 68.5 cm³/mol. The molecule has 4 N–H and O–H groups in total. The van der Waals surface area contributed by atoms with Crippen LogP contribution in [0.15, 0.2) is 0 Å². The average molecular weight is 223 g/mol. The summed E-state index contributed by atoms with van der Waals surface area (Å²) in [5, 5.41) is 13.7. The smallest absolute Gasteiger partial charge is 0.157 e. The minimum absolute atomic E-state index is 0. The summed E-state index contributed by atoms with van der Waals surface area (Å²) < 4.78 is 4.69. The van der Waals surface area contributed by atoms with Crippen LogP contribution < -0.4 is 5.73 Å². The first-order valence-corrected chi connectivity index (χ1v) is 5.42. The SMILES string of the molecule is CC.CC(=N)SC(=N)N.CCCOC.[HH]. The Bertz CT molecular complexity index is 131. The van der Waals surface area contributed by atoms with Gasteiger partial charge in [0.25, 0.3) is 0 Å². The quantitative estimate of drug-likeness (QED) is 0.497. The van der Waals surface area contributed by atoms with Crippen molar-refractivity contribution in [3.05, 3.63) is 0 Å². The molecule has 0 atom stereocenters. The van der Waals surface area contributed by atoms with Crippen molar-refractivity contribution in [3.8, 4) is 0 Å². The van der Waals surface area contributed by atoms with Gasteiger partial charge in [0.15, 0.2) is 5.17 Å². The van der Waals surface area contributed by atoms with E-state index in [1.807, 2.05) is 13.8 Å². The van der Waals surface area contributed by atoms with Crippen molar-refractivity contribution in [2.45, 2.75) is 34.1 Å². The molecular weight excluding hydrogens is 198 g/mol. The van der Waals surface area contributed by atoms with Crippen LogP contribution in [0.2, 0.25) is 0 Å². The number of nitrogens with one attached hydrogen (secondary N) is 2. The Morgan fingerprint density at radius 2 is 1.86 bits per heavy atom. The van der Waals surface area contributed by atoms with E-state index in [1.54, 1.807) is 14.0 Å². The summed E-state index contributed by atoms with van der Waals surface area (Å²) >= 11 is 0.954. The topological polar surface area (TPSA) is 83.0 Å². The van der Waals surface area contributed by atoms with Crippen molar-refractivity contribution in [2.24, 2.45) is 5.73 Å². The Morgan fingerprint density at radius 1 is 1.43 bits per heavy atom. The van der Waals surface area contributed by atoms with Gasteiger partial charge in [0.05, 0.1) is 5.04 Å². The van der Waals surface area contributed by atoms with Crippen molar-refractivity contribution in [2.75, 3.05) is 13.7 Å². The van der Waals surface area contributed by atoms with E-state index in [-0.39, 0.29) is 6.59 Å². The maximum absolute atomic E-state index is 6.77. The van der Waals surface area contributed by atoms with Crippen LogP contribution in [-0.2, 0) is 4.74 Å². The van der Waals surface area contributed by atoms with Gasteiger partial charge in [-0.05, 0) is 25.1 Å². The van der Waals surface area contributed by atoms with Gasteiger partial charge in [-0.1, -0.05) is 20.8 Å². The Hall–Kier alpha value is -0.550. The maximum Gasteiger partial charge on any atom is 0.157 e. The van der Waals surface area contributed by atoms with Crippen LogP contribution in [0.4, 0.5) is 0 Å². The summed E-state index contributed by atoms with van der Waals surface area (Å²) in [5.41, 5.74) is 4.90. The Morgan fingerprint density at radius 3 is 1.86 bits per heavy atom. The minimum atomic E-state index is -0.0208. The van der Waals surface area contributed by atoms with Crippen LogP contribution in [0.25, 0.3) is 0 Å². The lowest BCUT2D eigenvalue weighted by molar-refractivity contribution is 0.199. The summed E-state index contributed by atoms with van der Waals surface area (Å²) in [6, 6.07) is 0. The number of rotatable bonds is 2. The monoisotopic (exact) mass is 223 g/mol. The van der Waals surface area contributed by atoms with Gasteiger partial charge in [-0.3, -0.25) is 10.8 Å². The molecule has 0 rings (SSSR count). The highest BCUT2D eigenvalue weighted by atomic mass is 32.2. The zero-order valence-corrected chi connectivity index (χ0v) is 10.6. The van der Waals surface area contributed by atoms with E-state index in [4.69, 9.17) is 21.3 Å². The zero-order valence-electron chi connectivity index (χ0n) is 9.81. The molecule has 0 aliphatic carbocycles. The summed E-state index contributed by atoms with van der Waals surface area (Å²) in [6.45, 7) is 8.57. The highest BCUT2D eigenvalue weighted by molar-refractivity contribution is 8.26. The number of hydrogen-bond acceptors (Lipinski definition) is 4. The fourth-order valence-electron chi connectivity index (χ4n) is 0.369. The molecule has 0 saturated heterocycles. The van der Waals surface area contributed by atoms with Gasteiger partial charge in [0.1, 0.15) is 0 Å². The molecule has 0 amide bonds. The van der Waals surface area contributed by atoms with Crippen molar-refractivity contribution in [3.63, 3.8) is 0 Å². The normalized spacial score (nSPS) is 7.50. The number of ether oxygens (including phenoxy) is 1. The summed E-state index contributed by atoms with van der Waals surface area (Å²) in [7, 11) is 1.71. The van der Waals surface area contributed by atoms with E-state index in [1.165, 1.54) is 0 Å². The lowest BCUT2D eigenvalue weighted by atomic mass is 10.5. The van der Waals surface area contributed by atoms with Gasteiger partial charge >= 0.3 is 0 Å². The zero-order chi connectivity index (χ0) is 12.0. The molecular formula is C9H25N3OS. The van der Waals surface area contributed by atoms with Gasteiger partial charge in [-0.2, -0.15) is 0 Å². The molecule has 0 saturated carbocycles. The number of amidine groups is 1. The summed E-state index contributed by atoms with van der Waals surface area (Å²) in [4.78, 5) is 0. The Balaban J connectivity index is -0.0000000675.